The van der Waals surface area contributed by atoms with E-state index in [0.717, 1.165) is 12.1 Å². The summed E-state index contributed by atoms with van der Waals surface area (Å²) in [5.74, 6) is -1.90. The minimum absolute atomic E-state index is 0.242. The van der Waals surface area contributed by atoms with Crippen LogP contribution in [-0.4, -0.2) is 31.6 Å². The fourth-order valence-corrected chi connectivity index (χ4v) is 3.62. The van der Waals surface area contributed by atoms with Crippen molar-refractivity contribution < 1.29 is 31.4 Å². The van der Waals surface area contributed by atoms with Crippen LogP contribution in [-0.2, 0) is 6.54 Å². The van der Waals surface area contributed by atoms with Crippen LogP contribution in [0.15, 0.2) is 60.9 Å². The van der Waals surface area contributed by atoms with Gasteiger partial charge in [-0.05, 0) is 54.0 Å². The van der Waals surface area contributed by atoms with E-state index in [0.29, 0.717) is 33.7 Å². The maximum atomic E-state index is 14.0. The van der Waals surface area contributed by atoms with E-state index in [1.807, 2.05) is 0 Å². The number of aromatic nitrogens is 6. The van der Waals surface area contributed by atoms with Gasteiger partial charge >= 0.3 is 6.36 Å². The van der Waals surface area contributed by atoms with Crippen LogP contribution in [0.2, 0.25) is 0 Å². The molecule has 2 aromatic carbocycles. The first-order valence-corrected chi connectivity index (χ1v) is 10.6. The van der Waals surface area contributed by atoms with E-state index < -0.39 is 17.9 Å². The average molecular weight is 499 g/mol. The summed E-state index contributed by atoms with van der Waals surface area (Å²) < 4.78 is 70.1. The van der Waals surface area contributed by atoms with Crippen LogP contribution in [0.4, 0.5) is 22.0 Å². The summed E-state index contributed by atoms with van der Waals surface area (Å²) in [5.41, 5.74) is 3.47. The molecule has 0 aliphatic rings. The zero-order valence-corrected chi connectivity index (χ0v) is 18.5. The molecular formula is C24H16F5N6O+. The lowest BCUT2D eigenvalue weighted by molar-refractivity contribution is -0.745. The number of halogens is 5. The van der Waals surface area contributed by atoms with Crippen LogP contribution in [0.25, 0.3) is 33.7 Å². The smallest absolute Gasteiger partial charge is 0.403 e. The molecule has 0 amide bonds. The molecule has 5 rings (SSSR count). The molecule has 3 aromatic heterocycles. The normalized spacial score (nSPS) is 11.7. The predicted octanol–water partition coefficient (Wildman–Crippen LogP) is 4.90. The lowest BCUT2D eigenvalue weighted by atomic mass is 10.1. The molecule has 12 heteroatoms. The van der Waals surface area contributed by atoms with Gasteiger partial charge in [-0.2, -0.15) is 5.10 Å². The first kappa shape index (κ1) is 23.3. The lowest BCUT2D eigenvalue weighted by Gasteiger charge is -2.10. The van der Waals surface area contributed by atoms with Crippen molar-refractivity contribution in [3.63, 3.8) is 0 Å². The van der Waals surface area contributed by atoms with Gasteiger partial charge in [0.2, 0.25) is 12.7 Å². The average Bonchev–Trinajstić information content (AvgIpc) is 3.25. The Morgan fingerprint density at radius 1 is 1.00 bits per heavy atom. The van der Waals surface area contributed by atoms with Crippen LogP contribution in [0.1, 0.15) is 11.3 Å². The molecule has 5 aromatic rings. The van der Waals surface area contributed by atoms with Gasteiger partial charge in [-0.25, -0.2) is 13.8 Å². The number of imidazole rings is 1. The van der Waals surface area contributed by atoms with Gasteiger partial charge in [-0.3, -0.25) is 0 Å². The lowest BCUT2D eigenvalue weighted by Crippen LogP contribution is -2.38. The highest BCUT2D eigenvalue weighted by Gasteiger charge is 2.32. The molecule has 0 fully saturated rings. The standard InChI is InChI=1S/C24H15F5N6O/c1-13-16(3-2-4-17(13)25)23-31-20-10-30-35(12-21(20)32-23)11-15-6-7-19(34-33-15)14-5-8-22(18(26)9-14)36-24(27,28)29/h2-10,12H,11H2,1H3/p+1. The highest BCUT2D eigenvalue weighted by Crippen LogP contribution is 2.29. The number of fused-ring (bicyclic) bond motifs is 1. The second kappa shape index (κ2) is 8.95. The zero-order chi connectivity index (χ0) is 25.4. The molecule has 0 radical (unpaired) electrons. The summed E-state index contributed by atoms with van der Waals surface area (Å²) >= 11 is 0. The van der Waals surface area contributed by atoms with E-state index in [4.69, 9.17) is 0 Å². The van der Waals surface area contributed by atoms with Crippen molar-refractivity contribution in [3.05, 3.63) is 83.8 Å². The quantitative estimate of drug-likeness (QED) is 0.275. The Morgan fingerprint density at radius 2 is 1.83 bits per heavy atom. The summed E-state index contributed by atoms with van der Waals surface area (Å²) in [6.07, 6.45) is -1.70. The van der Waals surface area contributed by atoms with Crippen LogP contribution >= 0.6 is 0 Å². The molecule has 0 aliphatic carbocycles. The van der Waals surface area contributed by atoms with Crippen molar-refractivity contribution >= 4 is 11.0 Å². The molecule has 36 heavy (non-hydrogen) atoms. The van der Waals surface area contributed by atoms with Crippen LogP contribution < -0.4 is 9.42 Å². The third kappa shape index (κ3) is 4.83. The number of rotatable bonds is 5. The monoisotopic (exact) mass is 499 g/mol. The van der Waals surface area contributed by atoms with Gasteiger partial charge < -0.3 is 9.72 Å². The number of aromatic amines is 1. The maximum Gasteiger partial charge on any atom is 0.573 e. The van der Waals surface area contributed by atoms with E-state index in [1.165, 1.54) is 12.1 Å². The largest absolute Gasteiger partial charge is 0.573 e. The van der Waals surface area contributed by atoms with Crippen molar-refractivity contribution in [1.29, 1.82) is 0 Å². The summed E-state index contributed by atoms with van der Waals surface area (Å²) in [6, 6.07) is 11.0. The molecule has 3 heterocycles. The first-order valence-electron chi connectivity index (χ1n) is 10.6. The van der Waals surface area contributed by atoms with Gasteiger partial charge in [0.25, 0.3) is 0 Å². The summed E-state index contributed by atoms with van der Waals surface area (Å²) in [4.78, 5) is 7.65. The second-order valence-electron chi connectivity index (χ2n) is 7.87. The number of nitrogens with zero attached hydrogens (tertiary/aromatic N) is 5. The Hall–Kier alpha value is -4.48. The topological polar surface area (TPSA) is 80.5 Å². The third-order valence-electron chi connectivity index (χ3n) is 5.39. The van der Waals surface area contributed by atoms with Gasteiger partial charge in [-0.15, -0.1) is 18.3 Å². The fraction of sp³-hybridized carbons (Fsp3) is 0.125. The number of H-pyrrole nitrogens is 1. The van der Waals surface area contributed by atoms with Crippen molar-refractivity contribution in [2.45, 2.75) is 19.8 Å². The van der Waals surface area contributed by atoms with Gasteiger partial charge in [0.15, 0.2) is 11.6 Å². The minimum Gasteiger partial charge on any atom is -0.403 e. The van der Waals surface area contributed by atoms with E-state index in [-0.39, 0.29) is 23.6 Å². The molecule has 1 N–H and O–H groups in total. The number of benzene rings is 2. The number of hydrogen-bond acceptors (Lipinski definition) is 5. The molecule has 0 atom stereocenters. The molecule has 0 spiro atoms. The van der Waals surface area contributed by atoms with E-state index in [1.54, 1.807) is 48.3 Å². The fourth-order valence-electron chi connectivity index (χ4n) is 3.62. The highest BCUT2D eigenvalue weighted by molar-refractivity contribution is 5.77. The van der Waals surface area contributed by atoms with Gasteiger partial charge in [0, 0.05) is 11.1 Å². The second-order valence-corrected chi connectivity index (χ2v) is 7.87. The van der Waals surface area contributed by atoms with E-state index in [9.17, 15) is 22.0 Å². The summed E-state index contributed by atoms with van der Waals surface area (Å²) in [6.45, 7) is 1.93. The molecule has 0 unspecified atom stereocenters. The Bertz CT molecular complexity index is 1570. The first-order chi connectivity index (χ1) is 17.2. The Balaban J connectivity index is 1.34. The molecule has 182 valence electrons. The predicted molar refractivity (Wildman–Crippen MR) is 117 cm³/mol. The van der Waals surface area contributed by atoms with E-state index in [2.05, 4.69) is 30.0 Å². The van der Waals surface area contributed by atoms with Crippen molar-refractivity contribution in [3.8, 4) is 28.4 Å². The van der Waals surface area contributed by atoms with Crippen molar-refractivity contribution in [2.75, 3.05) is 0 Å². The van der Waals surface area contributed by atoms with Crippen molar-refractivity contribution in [1.82, 2.24) is 25.3 Å². The van der Waals surface area contributed by atoms with Crippen LogP contribution in [0.3, 0.4) is 0 Å². The molecule has 0 bridgehead atoms. The minimum atomic E-state index is -4.99. The summed E-state index contributed by atoms with van der Waals surface area (Å²) in [5, 5.41) is 12.5. The van der Waals surface area contributed by atoms with E-state index >= 15 is 0 Å². The molecule has 7 nitrogen and oxygen atoms in total. The highest BCUT2D eigenvalue weighted by atomic mass is 19.4. The van der Waals surface area contributed by atoms with Crippen LogP contribution in [0, 0.1) is 18.6 Å². The molecule has 0 aliphatic heterocycles. The van der Waals surface area contributed by atoms with Gasteiger partial charge in [0.1, 0.15) is 34.6 Å². The molecule has 0 saturated carbocycles. The Kier molecular flexibility index (Phi) is 5.78. The zero-order valence-electron chi connectivity index (χ0n) is 18.5. The van der Waals surface area contributed by atoms with Crippen LogP contribution in [0.5, 0.6) is 5.75 Å². The van der Waals surface area contributed by atoms with Gasteiger partial charge in [-0.1, -0.05) is 16.8 Å². The Morgan fingerprint density at radius 3 is 2.56 bits per heavy atom. The summed E-state index contributed by atoms with van der Waals surface area (Å²) in [7, 11) is 0. The SMILES string of the molecule is Cc1c(F)cccc1-c1nc2cn[n+](Cc3ccc(-c4ccc(OC(F)(F)F)c(F)c4)nn3)cc2[nH]1. The number of ether oxygens (including phenoxy) is 1. The third-order valence-corrected chi connectivity index (χ3v) is 5.39. The molecule has 0 saturated heterocycles. The van der Waals surface area contributed by atoms with Crippen molar-refractivity contribution in [2.24, 2.45) is 0 Å². The maximum absolute atomic E-state index is 14.0. The molecular weight excluding hydrogens is 483 g/mol. The Labute approximate surface area is 200 Å². The van der Waals surface area contributed by atoms with Gasteiger partial charge in [0.05, 0.1) is 5.69 Å². The number of hydrogen-bond donors (Lipinski definition) is 1. The number of alkyl halides is 3. The number of nitrogens with one attached hydrogen (secondary N) is 1.